The Labute approximate surface area is 179 Å². The van der Waals surface area contributed by atoms with Crippen LogP contribution >= 0.6 is 0 Å². The first kappa shape index (κ1) is 23.3. The second kappa shape index (κ2) is 7.94. The number of ether oxygens (including phenoxy) is 2. The molecule has 0 spiro atoms. The molecule has 10 heteroatoms. The number of hydrogen-bond donors (Lipinski definition) is 0. The number of carbonyl (C=O) groups is 2. The minimum absolute atomic E-state index is 0.220. The molecule has 0 aromatic carbocycles. The zero-order valence-electron chi connectivity index (χ0n) is 18.9. The van der Waals surface area contributed by atoms with Crippen LogP contribution in [0, 0.1) is 0 Å². The Kier molecular flexibility index (Phi) is 6.16. The number of rotatable bonds is 3. The molecule has 0 aromatic rings. The molecule has 4 saturated heterocycles. The minimum Gasteiger partial charge on any atom is -0.459 e. The summed E-state index contributed by atoms with van der Waals surface area (Å²) in [4.78, 5) is 26.8. The lowest BCUT2D eigenvalue weighted by Crippen LogP contribution is -2.67. The topological polar surface area (TPSA) is 96.5 Å². The van der Waals surface area contributed by atoms with Crippen LogP contribution in [0.2, 0.25) is 0 Å². The van der Waals surface area contributed by atoms with Crippen molar-refractivity contribution in [3.8, 4) is 0 Å². The summed E-state index contributed by atoms with van der Waals surface area (Å²) in [6.45, 7) is 11.6. The number of nitrogens with zero attached hydrogens (tertiary/aromatic N) is 3. The summed E-state index contributed by atoms with van der Waals surface area (Å²) in [7, 11) is -3.84. The molecule has 0 aromatic heterocycles. The predicted octanol–water partition coefficient (Wildman–Crippen LogP) is 2.12. The molecule has 4 rings (SSSR count). The van der Waals surface area contributed by atoms with Crippen molar-refractivity contribution in [1.29, 1.82) is 0 Å². The van der Waals surface area contributed by atoms with E-state index in [0.29, 0.717) is 32.4 Å². The van der Waals surface area contributed by atoms with Gasteiger partial charge in [-0.05, 0) is 67.2 Å². The van der Waals surface area contributed by atoms with Gasteiger partial charge >= 0.3 is 12.1 Å². The number of hydrogen-bond acceptors (Lipinski definition) is 6. The fraction of sp³-hybridized carbons (Fsp3) is 0.900. The Morgan fingerprint density at radius 1 is 0.833 bits per heavy atom. The molecule has 30 heavy (non-hydrogen) atoms. The monoisotopic (exact) mass is 445 g/mol. The van der Waals surface area contributed by atoms with E-state index in [1.165, 1.54) is 8.61 Å². The van der Waals surface area contributed by atoms with Crippen molar-refractivity contribution in [2.45, 2.75) is 96.6 Å². The highest BCUT2D eigenvalue weighted by atomic mass is 32.2. The van der Waals surface area contributed by atoms with Gasteiger partial charge in [-0.3, -0.25) is 4.79 Å². The molecule has 2 bridgehead atoms. The van der Waals surface area contributed by atoms with Gasteiger partial charge < -0.3 is 14.4 Å². The number of fused-ring (bicyclic) bond motifs is 3. The molecular weight excluding hydrogens is 410 g/mol. The molecule has 2 unspecified atom stereocenters. The van der Waals surface area contributed by atoms with E-state index in [0.717, 1.165) is 6.42 Å². The molecule has 4 heterocycles. The normalized spacial score (nSPS) is 28.6. The zero-order chi connectivity index (χ0) is 22.5. The molecule has 9 nitrogen and oxygen atoms in total. The molecule has 0 aliphatic carbocycles. The second-order valence-corrected chi connectivity index (χ2v) is 12.2. The van der Waals surface area contributed by atoms with Crippen molar-refractivity contribution in [2.75, 3.05) is 19.6 Å². The highest BCUT2D eigenvalue weighted by molar-refractivity contribution is 7.86. The summed E-state index contributed by atoms with van der Waals surface area (Å²) >= 11 is 0. The number of piperazine rings is 1. The fourth-order valence-electron chi connectivity index (χ4n) is 4.37. The first-order chi connectivity index (χ1) is 13.7. The standard InChI is InChI=1S/C20H35N3O6S/c1-19(2,3)28-17(24)16-8-7-11-22(16)30(26,27)23-13-14-9-10-15(23)12-21(14)18(25)29-20(4,5)6/h14-16H,7-13H2,1-6H3/t14?,15?,16-/m0/s1. The van der Waals surface area contributed by atoms with E-state index < -0.39 is 39.5 Å². The summed E-state index contributed by atoms with van der Waals surface area (Å²) in [5.74, 6) is -0.499. The number of amides is 1. The summed E-state index contributed by atoms with van der Waals surface area (Å²) in [5.41, 5.74) is -1.27. The Hall–Kier alpha value is -1.39. The van der Waals surface area contributed by atoms with Crippen LogP contribution in [0.4, 0.5) is 4.79 Å². The third-order valence-corrected chi connectivity index (χ3v) is 7.65. The molecular formula is C20H35N3O6S. The van der Waals surface area contributed by atoms with Gasteiger partial charge in [0.1, 0.15) is 17.2 Å². The lowest BCUT2D eigenvalue weighted by Gasteiger charge is -2.51. The quantitative estimate of drug-likeness (QED) is 0.618. The summed E-state index contributed by atoms with van der Waals surface area (Å²) in [6, 6.07) is -1.33. The van der Waals surface area contributed by atoms with Gasteiger partial charge in [-0.1, -0.05) is 0 Å². The number of esters is 1. The van der Waals surface area contributed by atoms with E-state index in [9.17, 15) is 18.0 Å². The number of piperidine rings is 2. The lowest BCUT2D eigenvalue weighted by atomic mass is 9.93. The Balaban J connectivity index is 1.73. The first-order valence-electron chi connectivity index (χ1n) is 10.7. The minimum atomic E-state index is -3.84. The van der Waals surface area contributed by atoms with Crippen LogP contribution in [-0.2, 0) is 24.5 Å². The van der Waals surface area contributed by atoms with Gasteiger partial charge in [0, 0.05) is 31.7 Å². The van der Waals surface area contributed by atoms with Gasteiger partial charge in [-0.25, -0.2) is 4.79 Å². The molecule has 1 amide bonds. The van der Waals surface area contributed by atoms with Crippen molar-refractivity contribution in [3.05, 3.63) is 0 Å². The van der Waals surface area contributed by atoms with E-state index in [-0.39, 0.29) is 18.6 Å². The second-order valence-electron chi connectivity index (χ2n) is 10.4. The summed E-state index contributed by atoms with van der Waals surface area (Å²) in [5, 5.41) is 0. The van der Waals surface area contributed by atoms with Gasteiger partial charge in [0.05, 0.1) is 0 Å². The molecule has 4 fully saturated rings. The highest BCUT2D eigenvalue weighted by Gasteiger charge is 2.51. The van der Waals surface area contributed by atoms with Gasteiger partial charge in [-0.2, -0.15) is 17.0 Å². The molecule has 3 atom stereocenters. The largest absolute Gasteiger partial charge is 0.459 e. The Morgan fingerprint density at radius 2 is 1.43 bits per heavy atom. The molecule has 172 valence electrons. The number of carbonyl (C=O) groups excluding carboxylic acids is 2. The SMILES string of the molecule is CC(C)(C)OC(=O)[C@@H]1CCCN1S(=O)(=O)N1CC2CCC1CN2C(=O)OC(C)(C)C. The maximum Gasteiger partial charge on any atom is 0.410 e. The molecule has 4 aliphatic heterocycles. The lowest BCUT2D eigenvalue weighted by molar-refractivity contribution is -0.158. The van der Waals surface area contributed by atoms with Crippen LogP contribution in [0.3, 0.4) is 0 Å². The van der Waals surface area contributed by atoms with Gasteiger partial charge in [0.2, 0.25) is 0 Å². The maximum atomic E-state index is 13.5. The van der Waals surface area contributed by atoms with Crippen molar-refractivity contribution in [3.63, 3.8) is 0 Å². The maximum absolute atomic E-state index is 13.5. The predicted molar refractivity (Wildman–Crippen MR) is 111 cm³/mol. The first-order valence-corrected chi connectivity index (χ1v) is 12.1. The third-order valence-electron chi connectivity index (χ3n) is 5.58. The summed E-state index contributed by atoms with van der Waals surface area (Å²) in [6.07, 6.45) is 2.11. The average Bonchev–Trinajstić information content (AvgIpc) is 3.10. The average molecular weight is 446 g/mol. The van der Waals surface area contributed by atoms with E-state index in [1.807, 2.05) is 20.8 Å². The van der Waals surface area contributed by atoms with Crippen molar-refractivity contribution in [2.24, 2.45) is 0 Å². The molecule has 0 N–H and O–H groups in total. The molecule has 0 radical (unpaired) electrons. The van der Waals surface area contributed by atoms with Gasteiger partial charge in [0.15, 0.2) is 0 Å². The highest BCUT2D eigenvalue weighted by Crippen LogP contribution is 2.35. The smallest absolute Gasteiger partial charge is 0.410 e. The third kappa shape index (κ3) is 4.91. The Morgan fingerprint density at radius 3 is 1.97 bits per heavy atom. The van der Waals surface area contributed by atoms with Gasteiger partial charge in [-0.15, -0.1) is 0 Å². The van der Waals surface area contributed by atoms with Crippen LogP contribution in [0.1, 0.15) is 67.2 Å². The van der Waals surface area contributed by atoms with Gasteiger partial charge in [0.25, 0.3) is 10.2 Å². The fourth-order valence-corrected chi connectivity index (χ4v) is 6.42. The van der Waals surface area contributed by atoms with Crippen LogP contribution in [-0.4, -0.2) is 83.0 Å². The van der Waals surface area contributed by atoms with Crippen molar-refractivity contribution in [1.82, 2.24) is 13.5 Å². The van der Waals surface area contributed by atoms with Crippen molar-refractivity contribution < 1.29 is 27.5 Å². The molecule has 0 saturated carbocycles. The summed E-state index contributed by atoms with van der Waals surface area (Å²) < 4.78 is 40.7. The zero-order valence-corrected chi connectivity index (χ0v) is 19.7. The van der Waals surface area contributed by atoms with Crippen molar-refractivity contribution >= 4 is 22.3 Å². The van der Waals surface area contributed by atoms with Crippen LogP contribution in [0.15, 0.2) is 0 Å². The Bertz CT molecular complexity index is 785. The van der Waals surface area contributed by atoms with Crippen LogP contribution in [0.25, 0.3) is 0 Å². The van der Waals surface area contributed by atoms with Crippen LogP contribution in [0.5, 0.6) is 0 Å². The van der Waals surface area contributed by atoms with E-state index in [1.54, 1.807) is 25.7 Å². The molecule has 4 aliphatic rings. The van der Waals surface area contributed by atoms with Crippen LogP contribution < -0.4 is 0 Å². The van der Waals surface area contributed by atoms with E-state index in [4.69, 9.17) is 9.47 Å². The van der Waals surface area contributed by atoms with E-state index >= 15 is 0 Å². The van der Waals surface area contributed by atoms with E-state index in [2.05, 4.69) is 0 Å².